The van der Waals surface area contributed by atoms with Crippen molar-refractivity contribution in [1.29, 1.82) is 0 Å². The molecule has 0 bridgehead atoms. The van der Waals surface area contributed by atoms with Gasteiger partial charge in [-0.2, -0.15) is 0 Å². The lowest BCUT2D eigenvalue weighted by Crippen LogP contribution is -2.09. The van der Waals surface area contributed by atoms with E-state index in [4.69, 9.17) is 16.3 Å². The van der Waals surface area contributed by atoms with Crippen LogP contribution < -0.4 is 0 Å². The second kappa shape index (κ2) is 5.26. The average molecular weight is 300 g/mol. The van der Waals surface area contributed by atoms with E-state index in [2.05, 4.69) is 6.58 Å². The highest BCUT2D eigenvalue weighted by molar-refractivity contribution is 6.31. The van der Waals surface area contributed by atoms with Gasteiger partial charge in [0.1, 0.15) is 0 Å². The Balaban J connectivity index is 2.15. The van der Waals surface area contributed by atoms with Gasteiger partial charge < -0.3 is 9.30 Å². The van der Waals surface area contributed by atoms with E-state index in [1.807, 2.05) is 47.0 Å². The van der Waals surface area contributed by atoms with Gasteiger partial charge in [-0.3, -0.25) is 0 Å². The Morgan fingerprint density at radius 3 is 2.67 bits per heavy atom. The molecule has 0 aliphatic heterocycles. The molecule has 0 amide bonds. The van der Waals surface area contributed by atoms with Crippen LogP contribution in [0, 0.1) is 0 Å². The monoisotopic (exact) mass is 299 g/mol. The van der Waals surface area contributed by atoms with Crippen LogP contribution in [0.5, 0.6) is 0 Å². The summed E-state index contributed by atoms with van der Waals surface area (Å²) in [4.78, 5) is 11.6. The summed E-state index contributed by atoms with van der Waals surface area (Å²) in [5.74, 6) is -0.394. The van der Waals surface area contributed by atoms with Gasteiger partial charge in [0.2, 0.25) is 0 Å². The van der Waals surface area contributed by atoms with Crippen LogP contribution >= 0.6 is 11.6 Å². The average Bonchev–Trinajstić information content (AvgIpc) is 2.78. The molecule has 0 atom stereocenters. The number of esters is 1. The van der Waals surface area contributed by atoms with E-state index in [9.17, 15) is 4.79 Å². The SMILES string of the molecule is C=C(C)C(=O)OCn1c2ccccc2c2cc(Cl)ccc21. The van der Waals surface area contributed by atoms with Gasteiger partial charge in [0.25, 0.3) is 0 Å². The molecule has 1 heterocycles. The molecule has 0 aliphatic rings. The van der Waals surface area contributed by atoms with E-state index in [0.29, 0.717) is 10.6 Å². The number of hydrogen-bond acceptors (Lipinski definition) is 2. The highest BCUT2D eigenvalue weighted by Crippen LogP contribution is 2.30. The maximum absolute atomic E-state index is 11.6. The zero-order valence-corrected chi connectivity index (χ0v) is 12.4. The van der Waals surface area contributed by atoms with Gasteiger partial charge in [0.05, 0.1) is 11.0 Å². The van der Waals surface area contributed by atoms with Crippen LogP contribution in [0.25, 0.3) is 21.8 Å². The molecule has 0 saturated heterocycles. The fourth-order valence-corrected chi connectivity index (χ4v) is 2.58. The van der Waals surface area contributed by atoms with E-state index < -0.39 is 5.97 Å². The molecule has 0 saturated carbocycles. The summed E-state index contributed by atoms with van der Waals surface area (Å²) in [6.07, 6.45) is 0. The van der Waals surface area contributed by atoms with Crippen molar-refractivity contribution in [1.82, 2.24) is 4.57 Å². The third-order valence-corrected chi connectivity index (χ3v) is 3.64. The fraction of sp³-hybridized carbons (Fsp3) is 0.118. The molecule has 0 fully saturated rings. The number of fused-ring (bicyclic) bond motifs is 3. The Bertz CT molecular complexity index is 864. The molecular weight excluding hydrogens is 286 g/mol. The molecule has 0 spiro atoms. The summed E-state index contributed by atoms with van der Waals surface area (Å²) in [5.41, 5.74) is 2.37. The lowest BCUT2D eigenvalue weighted by atomic mass is 10.2. The number of halogens is 1. The van der Waals surface area contributed by atoms with Crippen LogP contribution in [0.2, 0.25) is 5.02 Å². The number of carbonyl (C=O) groups excluding carboxylic acids is 1. The van der Waals surface area contributed by atoms with Crippen molar-refractivity contribution in [2.75, 3.05) is 0 Å². The summed E-state index contributed by atoms with van der Waals surface area (Å²) in [5, 5.41) is 2.81. The highest BCUT2D eigenvalue weighted by atomic mass is 35.5. The first kappa shape index (κ1) is 13.7. The predicted molar refractivity (Wildman–Crippen MR) is 85.4 cm³/mol. The Hall–Kier alpha value is -2.26. The van der Waals surface area contributed by atoms with Crippen molar-refractivity contribution in [3.8, 4) is 0 Å². The molecule has 3 aromatic rings. The highest BCUT2D eigenvalue weighted by Gasteiger charge is 2.12. The van der Waals surface area contributed by atoms with Crippen molar-refractivity contribution in [3.63, 3.8) is 0 Å². The largest absolute Gasteiger partial charge is 0.441 e. The summed E-state index contributed by atoms with van der Waals surface area (Å²) in [6, 6.07) is 13.7. The number of carbonyl (C=O) groups is 1. The molecule has 4 heteroatoms. The van der Waals surface area contributed by atoms with E-state index >= 15 is 0 Å². The summed E-state index contributed by atoms with van der Waals surface area (Å²) in [6.45, 7) is 5.37. The summed E-state index contributed by atoms with van der Waals surface area (Å²) in [7, 11) is 0. The number of ether oxygens (including phenoxy) is 1. The van der Waals surface area contributed by atoms with Gasteiger partial charge in [-0.15, -0.1) is 0 Å². The van der Waals surface area contributed by atoms with E-state index in [0.717, 1.165) is 21.8 Å². The molecular formula is C17H14ClNO2. The third-order valence-electron chi connectivity index (χ3n) is 3.41. The fourth-order valence-electron chi connectivity index (χ4n) is 2.41. The number of rotatable bonds is 3. The van der Waals surface area contributed by atoms with Gasteiger partial charge in [0.15, 0.2) is 6.73 Å². The Labute approximate surface area is 127 Å². The van der Waals surface area contributed by atoms with Crippen molar-refractivity contribution >= 4 is 39.4 Å². The minimum absolute atomic E-state index is 0.150. The molecule has 3 nitrogen and oxygen atoms in total. The van der Waals surface area contributed by atoms with Crippen LogP contribution in [0.1, 0.15) is 6.92 Å². The van der Waals surface area contributed by atoms with Crippen LogP contribution in [-0.4, -0.2) is 10.5 Å². The van der Waals surface area contributed by atoms with Gasteiger partial charge in [0, 0.05) is 21.4 Å². The van der Waals surface area contributed by atoms with Crippen LogP contribution in [0.4, 0.5) is 0 Å². The first-order valence-corrected chi connectivity index (χ1v) is 6.95. The quantitative estimate of drug-likeness (QED) is 0.526. The zero-order valence-electron chi connectivity index (χ0n) is 11.6. The third kappa shape index (κ3) is 2.41. The second-order valence-corrected chi connectivity index (χ2v) is 5.38. The molecule has 21 heavy (non-hydrogen) atoms. The molecule has 0 N–H and O–H groups in total. The summed E-state index contributed by atoms with van der Waals surface area (Å²) >= 11 is 6.09. The number of nitrogens with zero attached hydrogens (tertiary/aromatic N) is 1. The lowest BCUT2D eigenvalue weighted by Gasteiger charge is -2.08. The Morgan fingerprint density at radius 2 is 1.90 bits per heavy atom. The molecule has 0 aliphatic carbocycles. The molecule has 2 aromatic carbocycles. The topological polar surface area (TPSA) is 31.2 Å². The van der Waals surface area contributed by atoms with Crippen LogP contribution in [-0.2, 0) is 16.3 Å². The van der Waals surface area contributed by atoms with Crippen molar-refractivity contribution < 1.29 is 9.53 Å². The minimum Gasteiger partial charge on any atom is -0.441 e. The molecule has 1 aromatic heterocycles. The maximum atomic E-state index is 11.6. The zero-order chi connectivity index (χ0) is 15.0. The maximum Gasteiger partial charge on any atom is 0.334 e. The molecule has 106 valence electrons. The van der Waals surface area contributed by atoms with Crippen LogP contribution in [0.3, 0.4) is 0 Å². The smallest absolute Gasteiger partial charge is 0.334 e. The van der Waals surface area contributed by atoms with Crippen molar-refractivity contribution in [2.24, 2.45) is 0 Å². The van der Waals surface area contributed by atoms with E-state index in [-0.39, 0.29) is 6.73 Å². The lowest BCUT2D eigenvalue weighted by molar-refractivity contribution is -0.142. The number of benzene rings is 2. The summed E-state index contributed by atoms with van der Waals surface area (Å²) < 4.78 is 7.25. The Kier molecular flexibility index (Phi) is 3.43. The Morgan fingerprint density at radius 1 is 1.19 bits per heavy atom. The minimum atomic E-state index is -0.394. The number of aromatic nitrogens is 1. The molecule has 0 unspecified atom stereocenters. The normalized spacial score (nSPS) is 11.0. The van der Waals surface area contributed by atoms with Crippen LogP contribution in [0.15, 0.2) is 54.6 Å². The molecule has 3 rings (SSSR count). The van der Waals surface area contributed by atoms with Gasteiger partial charge in [-0.1, -0.05) is 36.4 Å². The number of hydrogen-bond donors (Lipinski definition) is 0. The number of para-hydroxylation sites is 1. The predicted octanol–water partition coefficient (Wildman–Crippen LogP) is 4.52. The van der Waals surface area contributed by atoms with Gasteiger partial charge >= 0.3 is 5.97 Å². The van der Waals surface area contributed by atoms with E-state index in [1.54, 1.807) is 6.92 Å². The van der Waals surface area contributed by atoms with E-state index in [1.165, 1.54) is 0 Å². The molecule has 0 radical (unpaired) electrons. The van der Waals surface area contributed by atoms with Gasteiger partial charge in [-0.25, -0.2) is 4.79 Å². The second-order valence-electron chi connectivity index (χ2n) is 4.95. The van der Waals surface area contributed by atoms with Crippen molar-refractivity contribution in [2.45, 2.75) is 13.7 Å². The van der Waals surface area contributed by atoms with Crippen molar-refractivity contribution in [3.05, 3.63) is 59.6 Å². The first-order chi connectivity index (χ1) is 10.1. The standard InChI is InChI=1S/C17H14ClNO2/c1-11(2)17(20)21-10-19-15-6-4-3-5-13(15)14-9-12(18)7-8-16(14)19/h3-9H,1,10H2,2H3. The van der Waals surface area contributed by atoms with Gasteiger partial charge in [-0.05, 0) is 31.2 Å². The first-order valence-electron chi connectivity index (χ1n) is 6.57.